The van der Waals surface area contributed by atoms with E-state index in [1.807, 2.05) is 41.4 Å². The van der Waals surface area contributed by atoms with E-state index in [-0.39, 0.29) is 11.4 Å². The van der Waals surface area contributed by atoms with Crippen molar-refractivity contribution in [3.8, 4) is 0 Å². The minimum Gasteiger partial charge on any atom is -0.353 e. The summed E-state index contributed by atoms with van der Waals surface area (Å²) in [5.41, 5.74) is 0.963. The second-order valence-corrected chi connectivity index (χ2v) is 7.64. The fraction of sp³-hybridized carbons (Fsp3) is 0.455. The highest BCUT2D eigenvalue weighted by atomic mass is 35.5. The van der Waals surface area contributed by atoms with Crippen LogP contribution < -0.4 is 10.2 Å². The van der Waals surface area contributed by atoms with E-state index >= 15 is 0 Å². The molecule has 0 unspecified atom stereocenters. The highest BCUT2D eigenvalue weighted by Gasteiger charge is 2.30. The Morgan fingerprint density at radius 1 is 1.07 bits per heavy atom. The zero-order chi connectivity index (χ0) is 20.0. The van der Waals surface area contributed by atoms with Gasteiger partial charge >= 0.3 is 0 Å². The van der Waals surface area contributed by atoms with Crippen molar-refractivity contribution < 1.29 is 4.79 Å². The number of hydrogen-bond donors (Lipinski definition) is 1. The number of nitrogens with zero attached hydrogens (tertiary/aromatic N) is 3. The lowest BCUT2D eigenvalue weighted by Gasteiger charge is -2.37. The molecule has 0 atom stereocenters. The first-order chi connectivity index (χ1) is 13.6. The molecule has 6 heteroatoms. The summed E-state index contributed by atoms with van der Waals surface area (Å²) in [6.07, 6.45) is 3.63. The van der Waals surface area contributed by atoms with Gasteiger partial charge in [-0.15, -0.1) is 0 Å². The van der Waals surface area contributed by atoms with Crippen molar-refractivity contribution in [3.05, 3.63) is 59.2 Å². The largest absolute Gasteiger partial charge is 0.353 e. The number of halogens is 1. The maximum atomic E-state index is 12.8. The van der Waals surface area contributed by atoms with Gasteiger partial charge < -0.3 is 9.80 Å². The van der Waals surface area contributed by atoms with Gasteiger partial charge in [0.25, 0.3) is 0 Å². The smallest absolute Gasteiger partial charge is 0.236 e. The zero-order valence-electron chi connectivity index (χ0n) is 16.7. The van der Waals surface area contributed by atoms with E-state index in [2.05, 4.69) is 41.2 Å². The van der Waals surface area contributed by atoms with Crippen LogP contribution in [0.5, 0.6) is 0 Å². The van der Waals surface area contributed by atoms with Crippen molar-refractivity contribution in [1.82, 2.24) is 15.2 Å². The van der Waals surface area contributed by atoms with Crippen molar-refractivity contribution in [2.75, 3.05) is 37.6 Å². The van der Waals surface area contributed by atoms with Crippen molar-refractivity contribution in [2.45, 2.75) is 32.2 Å². The number of amides is 1. The Balaban J connectivity index is 1.57. The Morgan fingerprint density at radius 2 is 1.75 bits per heavy atom. The Morgan fingerprint density at radius 3 is 2.32 bits per heavy atom. The molecule has 5 nitrogen and oxygen atoms in total. The molecule has 1 aromatic heterocycles. The van der Waals surface area contributed by atoms with E-state index in [1.165, 1.54) is 5.56 Å². The normalized spacial score (nSPS) is 15.0. The molecule has 0 spiro atoms. The number of anilines is 1. The molecule has 0 aliphatic carbocycles. The van der Waals surface area contributed by atoms with Gasteiger partial charge in [-0.2, -0.15) is 0 Å². The summed E-state index contributed by atoms with van der Waals surface area (Å²) in [5.74, 6) is 1.13. The van der Waals surface area contributed by atoms with Gasteiger partial charge in [0.2, 0.25) is 5.91 Å². The number of rotatable bonds is 7. The Hall–Kier alpha value is -2.11. The molecule has 1 fully saturated rings. The lowest BCUT2D eigenvalue weighted by atomic mass is 9.84. The Bertz CT molecular complexity index is 754. The van der Waals surface area contributed by atoms with Crippen molar-refractivity contribution in [2.24, 2.45) is 0 Å². The second-order valence-electron chi connectivity index (χ2n) is 7.21. The first kappa shape index (κ1) is 20.6. The van der Waals surface area contributed by atoms with E-state index in [9.17, 15) is 4.79 Å². The van der Waals surface area contributed by atoms with E-state index in [1.54, 1.807) is 0 Å². The van der Waals surface area contributed by atoms with Gasteiger partial charge in [-0.05, 0) is 42.7 Å². The summed E-state index contributed by atoms with van der Waals surface area (Å²) < 4.78 is 0. The Kier molecular flexibility index (Phi) is 6.92. The number of benzene rings is 1. The van der Waals surface area contributed by atoms with Crippen LogP contribution in [0, 0.1) is 0 Å². The molecule has 0 saturated carbocycles. The first-order valence-corrected chi connectivity index (χ1v) is 10.4. The summed E-state index contributed by atoms with van der Waals surface area (Å²) in [6, 6.07) is 13.9. The number of hydrogen-bond acceptors (Lipinski definition) is 4. The molecular weight excluding hydrogens is 372 g/mol. The summed E-state index contributed by atoms with van der Waals surface area (Å²) in [6.45, 7) is 7.72. The van der Waals surface area contributed by atoms with Crippen molar-refractivity contribution in [1.29, 1.82) is 0 Å². The molecule has 28 heavy (non-hydrogen) atoms. The lowest BCUT2D eigenvalue weighted by Crippen LogP contribution is -2.53. The number of piperazine rings is 1. The third-order valence-corrected chi connectivity index (χ3v) is 6.04. The minimum absolute atomic E-state index is 0.154. The van der Waals surface area contributed by atoms with Crippen molar-refractivity contribution in [3.63, 3.8) is 0 Å². The molecule has 150 valence electrons. The van der Waals surface area contributed by atoms with Gasteiger partial charge in [-0.1, -0.05) is 43.6 Å². The number of carbonyl (C=O) groups is 1. The average molecular weight is 401 g/mol. The van der Waals surface area contributed by atoms with Gasteiger partial charge in [0, 0.05) is 42.9 Å². The molecule has 1 N–H and O–H groups in total. The predicted octanol–water partition coefficient (Wildman–Crippen LogP) is 3.69. The topological polar surface area (TPSA) is 48.5 Å². The predicted molar refractivity (Wildman–Crippen MR) is 115 cm³/mol. The minimum atomic E-state index is -0.212. The molecule has 1 aliphatic rings. The monoisotopic (exact) mass is 400 g/mol. The summed E-state index contributed by atoms with van der Waals surface area (Å²) in [5, 5.41) is 4.28. The van der Waals surface area contributed by atoms with Crippen LogP contribution >= 0.6 is 11.6 Å². The Labute approximate surface area is 172 Å². The summed E-state index contributed by atoms with van der Waals surface area (Å²) in [4.78, 5) is 21.4. The van der Waals surface area contributed by atoms with Crippen LogP contribution in [0.1, 0.15) is 32.3 Å². The number of pyridine rings is 1. The molecule has 1 saturated heterocycles. The number of aromatic nitrogens is 1. The van der Waals surface area contributed by atoms with Gasteiger partial charge in [0.1, 0.15) is 5.82 Å². The molecule has 1 amide bonds. The van der Waals surface area contributed by atoms with Gasteiger partial charge in [-0.25, -0.2) is 4.98 Å². The van der Waals surface area contributed by atoms with Gasteiger partial charge in [0.15, 0.2) is 0 Å². The van der Waals surface area contributed by atoms with E-state index < -0.39 is 0 Å². The standard InChI is InChI=1S/C22H29ClN4O/c1-3-22(4-2,18-8-10-19(23)11-9-18)25-17-21(28)27-15-13-26(14-16-27)20-7-5-6-12-24-20/h5-12,25H,3-4,13-17H2,1-2H3. The summed E-state index contributed by atoms with van der Waals surface area (Å²) >= 11 is 6.04. The van der Waals surface area contributed by atoms with Gasteiger partial charge in [0.05, 0.1) is 6.54 Å². The van der Waals surface area contributed by atoms with E-state index in [4.69, 9.17) is 11.6 Å². The van der Waals surface area contributed by atoms with Crippen LogP contribution in [0.4, 0.5) is 5.82 Å². The highest BCUT2D eigenvalue weighted by Crippen LogP contribution is 2.29. The van der Waals surface area contributed by atoms with Gasteiger partial charge in [-0.3, -0.25) is 10.1 Å². The van der Waals surface area contributed by atoms with Crippen LogP contribution in [0.15, 0.2) is 48.7 Å². The SMILES string of the molecule is CCC(CC)(NCC(=O)N1CCN(c2ccccn2)CC1)c1ccc(Cl)cc1. The van der Waals surface area contributed by atoms with Crippen LogP contribution in [0.2, 0.25) is 5.02 Å². The summed E-state index contributed by atoms with van der Waals surface area (Å²) in [7, 11) is 0. The third kappa shape index (κ3) is 4.65. The third-order valence-electron chi connectivity index (χ3n) is 5.79. The zero-order valence-corrected chi connectivity index (χ0v) is 17.5. The van der Waals surface area contributed by atoms with Crippen LogP contribution in [0.3, 0.4) is 0 Å². The first-order valence-electron chi connectivity index (χ1n) is 10.0. The molecule has 3 rings (SSSR count). The molecule has 2 aromatic rings. The highest BCUT2D eigenvalue weighted by molar-refractivity contribution is 6.30. The molecule has 0 radical (unpaired) electrons. The maximum Gasteiger partial charge on any atom is 0.236 e. The lowest BCUT2D eigenvalue weighted by molar-refractivity contribution is -0.131. The fourth-order valence-corrected chi connectivity index (χ4v) is 3.99. The number of nitrogens with one attached hydrogen (secondary N) is 1. The van der Waals surface area contributed by atoms with Crippen LogP contribution in [-0.4, -0.2) is 48.5 Å². The second kappa shape index (κ2) is 9.39. The molecular formula is C22H29ClN4O. The van der Waals surface area contributed by atoms with Crippen LogP contribution in [-0.2, 0) is 10.3 Å². The number of carbonyl (C=O) groups excluding carboxylic acids is 1. The average Bonchev–Trinajstić information content (AvgIpc) is 2.76. The molecule has 0 bridgehead atoms. The molecule has 2 heterocycles. The quantitative estimate of drug-likeness (QED) is 0.770. The van der Waals surface area contributed by atoms with E-state index in [0.717, 1.165) is 49.9 Å². The molecule has 1 aliphatic heterocycles. The molecule has 1 aromatic carbocycles. The van der Waals surface area contributed by atoms with Crippen LogP contribution in [0.25, 0.3) is 0 Å². The van der Waals surface area contributed by atoms with E-state index in [0.29, 0.717) is 6.54 Å². The fourth-order valence-electron chi connectivity index (χ4n) is 3.86. The van der Waals surface area contributed by atoms with Crippen molar-refractivity contribution >= 4 is 23.3 Å². The maximum absolute atomic E-state index is 12.8.